The van der Waals surface area contributed by atoms with E-state index in [2.05, 4.69) is 26.6 Å². The molecular weight excluding hydrogens is 218 g/mol. The number of hydrogen-bond donors (Lipinski definition) is 1. The van der Waals surface area contributed by atoms with E-state index in [1.165, 1.54) is 25.7 Å². The molecule has 1 aliphatic rings. The Kier molecular flexibility index (Phi) is 2.44. The molecule has 2 N–H and O–H groups in total. The molecular formula is C12H15N3S. The molecule has 4 heteroatoms. The first kappa shape index (κ1) is 9.90. The Balaban J connectivity index is 1.95. The Labute approximate surface area is 98.9 Å². The van der Waals surface area contributed by atoms with Crippen molar-refractivity contribution < 1.29 is 0 Å². The minimum atomic E-state index is 0.565. The van der Waals surface area contributed by atoms with Gasteiger partial charge < -0.3 is 5.73 Å². The van der Waals surface area contributed by atoms with Gasteiger partial charge in [0.25, 0.3) is 0 Å². The van der Waals surface area contributed by atoms with E-state index in [1.54, 1.807) is 11.3 Å². The van der Waals surface area contributed by atoms with Crippen molar-refractivity contribution in [3.05, 3.63) is 23.0 Å². The molecule has 3 nitrogen and oxygen atoms in total. The van der Waals surface area contributed by atoms with E-state index in [0.717, 1.165) is 16.9 Å². The lowest BCUT2D eigenvalue weighted by Crippen LogP contribution is -2.04. The average molecular weight is 233 g/mol. The Morgan fingerprint density at radius 3 is 2.88 bits per heavy atom. The Hall–Kier alpha value is -1.29. The monoisotopic (exact) mass is 233 g/mol. The molecule has 0 bridgehead atoms. The van der Waals surface area contributed by atoms with E-state index in [9.17, 15) is 0 Å². The van der Waals surface area contributed by atoms with Gasteiger partial charge in [0.05, 0.1) is 11.7 Å². The molecule has 0 spiro atoms. The molecule has 0 aromatic carbocycles. The highest BCUT2D eigenvalue weighted by molar-refractivity contribution is 7.08. The van der Waals surface area contributed by atoms with E-state index < -0.39 is 0 Å². The minimum Gasteiger partial charge on any atom is -0.396 e. The number of anilines is 1. The number of thiophene rings is 1. The lowest BCUT2D eigenvalue weighted by atomic mass is 10.2. The van der Waals surface area contributed by atoms with Crippen molar-refractivity contribution in [3.8, 4) is 11.3 Å². The van der Waals surface area contributed by atoms with Gasteiger partial charge >= 0.3 is 0 Å². The van der Waals surface area contributed by atoms with E-state index in [1.807, 2.05) is 6.20 Å². The summed E-state index contributed by atoms with van der Waals surface area (Å²) in [6, 6.07) is 2.64. The third-order valence-electron chi connectivity index (χ3n) is 3.25. The van der Waals surface area contributed by atoms with Crippen LogP contribution in [0.25, 0.3) is 11.3 Å². The maximum absolute atomic E-state index is 6.02. The fraction of sp³-hybridized carbons (Fsp3) is 0.417. The van der Waals surface area contributed by atoms with Gasteiger partial charge in [0.15, 0.2) is 0 Å². The first-order valence-corrected chi connectivity index (χ1v) is 6.66. The van der Waals surface area contributed by atoms with E-state index in [4.69, 9.17) is 5.73 Å². The fourth-order valence-electron chi connectivity index (χ4n) is 2.39. The summed E-state index contributed by atoms with van der Waals surface area (Å²) in [6.07, 6.45) is 7.10. The van der Waals surface area contributed by atoms with Crippen molar-refractivity contribution in [2.75, 3.05) is 5.73 Å². The molecule has 16 heavy (non-hydrogen) atoms. The maximum atomic E-state index is 6.02. The summed E-state index contributed by atoms with van der Waals surface area (Å²) in [5.41, 5.74) is 8.89. The highest BCUT2D eigenvalue weighted by Gasteiger charge is 2.19. The summed E-state index contributed by atoms with van der Waals surface area (Å²) >= 11 is 1.68. The number of nitrogens with zero attached hydrogens (tertiary/aromatic N) is 2. The van der Waals surface area contributed by atoms with Gasteiger partial charge in [-0.1, -0.05) is 12.8 Å². The third-order valence-corrected chi connectivity index (χ3v) is 3.94. The predicted octanol–water partition coefficient (Wildman–Crippen LogP) is 3.31. The van der Waals surface area contributed by atoms with Crippen LogP contribution >= 0.6 is 11.3 Å². The minimum absolute atomic E-state index is 0.565. The second kappa shape index (κ2) is 3.94. The summed E-state index contributed by atoms with van der Waals surface area (Å²) in [5.74, 6) is 0. The number of nitrogens with two attached hydrogens (primary N) is 1. The third kappa shape index (κ3) is 1.63. The zero-order valence-corrected chi connectivity index (χ0v) is 9.91. The summed E-state index contributed by atoms with van der Waals surface area (Å²) in [7, 11) is 0. The molecule has 1 fully saturated rings. The standard InChI is InChI=1S/C12H15N3S/c13-11-7-15(10-3-1-2-4-10)14-12(11)9-5-6-16-8-9/h5-8,10H,1-4,13H2. The van der Waals surface area contributed by atoms with Crippen LogP contribution in [0.3, 0.4) is 0 Å². The van der Waals surface area contributed by atoms with Gasteiger partial charge in [-0.15, -0.1) is 0 Å². The molecule has 0 amide bonds. The van der Waals surface area contributed by atoms with Crippen molar-refractivity contribution in [2.24, 2.45) is 0 Å². The van der Waals surface area contributed by atoms with Crippen LogP contribution in [0.1, 0.15) is 31.7 Å². The van der Waals surface area contributed by atoms with E-state index >= 15 is 0 Å². The molecule has 0 saturated heterocycles. The summed E-state index contributed by atoms with van der Waals surface area (Å²) in [4.78, 5) is 0. The van der Waals surface area contributed by atoms with E-state index in [-0.39, 0.29) is 0 Å². The molecule has 0 unspecified atom stereocenters. The van der Waals surface area contributed by atoms with E-state index in [0.29, 0.717) is 6.04 Å². The first-order chi connectivity index (χ1) is 7.84. The lowest BCUT2D eigenvalue weighted by molar-refractivity contribution is 0.468. The molecule has 1 saturated carbocycles. The predicted molar refractivity (Wildman–Crippen MR) is 67.5 cm³/mol. The largest absolute Gasteiger partial charge is 0.396 e. The molecule has 2 aromatic rings. The highest BCUT2D eigenvalue weighted by Crippen LogP contribution is 2.32. The summed E-state index contributed by atoms with van der Waals surface area (Å²) < 4.78 is 2.06. The van der Waals surface area contributed by atoms with Gasteiger partial charge in [-0.2, -0.15) is 16.4 Å². The average Bonchev–Trinajstić information content (AvgIpc) is 2.97. The molecule has 2 heterocycles. The van der Waals surface area contributed by atoms with Crippen molar-refractivity contribution in [3.63, 3.8) is 0 Å². The topological polar surface area (TPSA) is 43.8 Å². The zero-order chi connectivity index (χ0) is 11.0. The van der Waals surface area contributed by atoms with Crippen LogP contribution in [-0.2, 0) is 0 Å². The van der Waals surface area contributed by atoms with Crippen molar-refractivity contribution in [1.29, 1.82) is 0 Å². The SMILES string of the molecule is Nc1cn(C2CCCC2)nc1-c1ccsc1. The second-order valence-corrected chi connectivity index (χ2v) is 5.14. The molecule has 0 aliphatic heterocycles. The molecule has 0 atom stereocenters. The first-order valence-electron chi connectivity index (χ1n) is 5.72. The van der Waals surface area contributed by atoms with Crippen LogP contribution in [-0.4, -0.2) is 9.78 Å². The Bertz CT molecular complexity index is 466. The van der Waals surface area contributed by atoms with Crippen molar-refractivity contribution >= 4 is 17.0 Å². The van der Waals surface area contributed by atoms with Gasteiger partial charge in [0, 0.05) is 17.1 Å². The molecule has 0 radical (unpaired) electrons. The van der Waals surface area contributed by atoms with Crippen LogP contribution in [0.5, 0.6) is 0 Å². The Morgan fingerprint density at radius 1 is 1.38 bits per heavy atom. The number of rotatable bonds is 2. The summed E-state index contributed by atoms with van der Waals surface area (Å²) in [5, 5.41) is 8.79. The molecule has 1 aliphatic carbocycles. The van der Waals surface area contributed by atoms with Crippen molar-refractivity contribution in [2.45, 2.75) is 31.7 Å². The van der Waals surface area contributed by atoms with Gasteiger partial charge in [-0.25, -0.2) is 0 Å². The second-order valence-electron chi connectivity index (χ2n) is 4.36. The van der Waals surface area contributed by atoms with Crippen LogP contribution in [0, 0.1) is 0 Å². The van der Waals surface area contributed by atoms with Gasteiger partial charge in [-0.05, 0) is 24.3 Å². The van der Waals surface area contributed by atoms with Crippen LogP contribution in [0.4, 0.5) is 5.69 Å². The fourth-order valence-corrected chi connectivity index (χ4v) is 3.03. The number of aromatic nitrogens is 2. The zero-order valence-electron chi connectivity index (χ0n) is 9.10. The van der Waals surface area contributed by atoms with Crippen LogP contribution in [0.15, 0.2) is 23.0 Å². The maximum Gasteiger partial charge on any atom is 0.116 e. The van der Waals surface area contributed by atoms with Crippen molar-refractivity contribution in [1.82, 2.24) is 9.78 Å². The molecule has 2 aromatic heterocycles. The van der Waals surface area contributed by atoms with Crippen LogP contribution < -0.4 is 5.73 Å². The molecule has 3 rings (SSSR count). The number of nitrogen functional groups attached to an aromatic ring is 1. The molecule has 84 valence electrons. The number of hydrogen-bond acceptors (Lipinski definition) is 3. The summed E-state index contributed by atoms with van der Waals surface area (Å²) in [6.45, 7) is 0. The quantitative estimate of drug-likeness (QED) is 0.864. The van der Waals surface area contributed by atoms with Gasteiger partial charge in [0.1, 0.15) is 5.69 Å². The van der Waals surface area contributed by atoms with Gasteiger partial charge in [-0.3, -0.25) is 4.68 Å². The normalized spacial score (nSPS) is 17.0. The Morgan fingerprint density at radius 2 is 2.19 bits per heavy atom. The lowest BCUT2D eigenvalue weighted by Gasteiger charge is -2.08. The highest BCUT2D eigenvalue weighted by atomic mass is 32.1. The van der Waals surface area contributed by atoms with Crippen LogP contribution in [0.2, 0.25) is 0 Å². The smallest absolute Gasteiger partial charge is 0.116 e. The van der Waals surface area contributed by atoms with Gasteiger partial charge in [0.2, 0.25) is 0 Å².